The third kappa shape index (κ3) is 2.35. The minimum absolute atomic E-state index is 0.0304. The molecule has 1 aliphatic rings. The summed E-state index contributed by atoms with van der Waals surface area (Å²) < 4.78 is 2.67. The number of aryl methyl sites for hydroxylation is 1. The van der Waals surface area contributed by atoms with E-state index in [0.29, 0.717) is 4.75 Å². The molecule has 4 heteroatoms. The number of carbonyl (C=O) groups is 1. The van der Waals surface area contributed by atoms with Crippen molar-refractivity contribution in [3.63, 3.8) is 0 Å². The number of thioether (sulfide) groups is 1. The van der Waals surface area contributed by atoms with Crippen LogP contribution in [-0.4, -0.2) is 27.2 Å². The van der Waals surface area contributed by atoms with Crippen LogP contribution in [0.25, 0.3) is 0 Å². The normalized spacial score (nSPS) is 17.6. The number of nitrogens with zero attached hydrogens (tertiary/aromatic N) is 1. The molecule has 0 aliphatic heterocycles. The van der Waals surface area contributed by atoms with Gasteiger partial charge in [-0.2, -0.15) is 11.8 Å². The minimum atomic E-state index is 0.0304. The van der Waals surface area contributed by atoms with Crippen molar-refractivity contribution < 1.29 is 4.79 Å². The Labute approximate surface area is 118 Å². The van der Waals surface area contributed by atoms with Gasteiger partial charge in [0.05, 0.1) is 5.88 Å². The van der Waals surface area contributed by atoms with E-state index in [4.69, 9.17) is 11.6 Å². The molecule has 1 fully saturated rings. The molecule has 100 valence electrons. The second kappa shape index (κ2) is 5.30. The Balaban J connectivity index is 2.28. The second-order valence-electron chi connectivity index (χ2n) is 5.17. The number of alkyl halides is 1. The van der Waals surface area contributed by atoms with Crippen molar-refractivity contribution in [1.29, 1.82) is 0 Å². The summed E-state index contributed by atoms with van der Waals surface area (Å²) in [7, 11) is 0. The average molecular weight is 286 g/mol. The van der Waals surface area contributed by atoms with Crippen LogP contribution in [0.5, 0.6) is 0 Å². The average Bonchev–Trinajstić information content (AvgIpc) is 2.59. The molecule has 1 aliphatic carbocycles. The van der Waals surface area contributed by atoms with Crippen molar-refractivity contribution >= 4 is 29.1 Å². The van der Waals surface area contributed by atoms with E-state index in [1.165, 1.54) is 25.0 Å². The minimum Gasteiger partial charge on any atom is -0.347 e. The molecule has 1 heterocycles. The first-order valence-corrected chi connectivity index (χ1v) is 8.10. The summed E-state index contributed by atoms with van der Waals surface area (Å²) in [5.74, 6) is 0.0978. The zero-order chi connectivity index (χ0) is 13.3. The molecular formula is C14H20ClNOS. The predicted molar refractivity (Wildman–Crippen MR) is 79.1 cm³/mol. The standard InChI is InChI=1S/C14H20ClNOS/c1-10-7-12(13(17)8-15)11(2)16(10)9-14(18-3)5-4-6-14/h7H,4-6,8-9H2,1-3H3. The van der Waals surface area contributed by atoms with Crippen molar-refractivity contribution in [1.82, 2.24) is 4.57 Å². The highest BCUT2D eigenvalue weighted by molar-refractivity contribution is 8.00. The van der Waals surface area contributed by atoms with E-state index in [1.807, 2.05) is 24.8 Å². The summed E-state index contributed by atoms with van der Waals surface area (Å²) in [4.78, 5) is 11.8. The number of Topliss-reactive ketones (excluding diaryl/α,β-unsaturated/α-hetero) is 1. The Morgan fingerprint density at radius 2 is 2.17 bits per heavy atom. The molecule has 0 N–H and O–H groups in total. The van der Waals surface area contributed by atoms with Gasteiger partial charge in [0.15, 0.2) is 5.78 Å². The molecule has 0 unspecified atom stereocenters. The van der Waals surface area contributed by atoms with Gasteiger partial charge in [-0.05, 0) is 39.0 Å². The van der Waals surface area contributed by atoms with E-state index in [1.54, 1.807) is 0 Å². The fraction of sp³-hybridized carbons (Fsp3) is 0.643. The summed E-state index contributed by atoms with van der Waals surface area (Å²) >= 11 is 7.62. The van der Waals surface area contributed by atoms with Crippen molar-refractivity contribution in [2.75, 3.05) is 12.1 Å². The van der Waals surface area contributed by atoms with Crippen molar-refractivity contribution in [3.8, 4) is 0 Å². The SMILES string of the molecule is CSC1(Cn2c(C)cc(C(=O)CCl)c2C)CCC1. The third-order valence-corrected chi connectivity index (χ3v) is 5.79. The molecule has 0 aromatic carbocycles. The van der Waals surface area contributed by atoms with Crippen LogP contribution in [0.2, 0.25) is 0 Å². The highest BCUT2D eigenvalue weighted by Crippen LogP contribution is 2.44. The first kappa shape index (κ1) is 14.0. The smallest absolute Gasteiger partial charge is 0.179 e. The summed E-state index contributed by atoms with van der Waals surface area (Å²) in [6, 6.07) is 1.98. The van der Waals surface area contributed by atoms with Crippen LogP contribution < -0.4 is 0 Å². The van der Waals surface area contributed by atoms with Gasteiger partial charge in [0, 0.05) is 28.2 Å². The van der Waals surface area contributed by atoms with E-state index >= 15 is 0 Å². The molecular weight excluding hydrogens is 266 g/mol. The van der Waals surface area contributed by atoms with Gasteiger partial charge < -0.3 is 4.57 Å². The van der Waals surface area contributed by atoms with Gasteiger partial charge >= 0.3 is 0 Å². The molecule has 0 atom stereocenters. The fourth-order valence-electron chi connectivity index (χ4n) is 2.68. The zero-order valence-electron chi connectivity index (χ0n) is 11.3. The van der Waals surface area contributed by atoms with Crippen LogP contribution in [0.4, 0.5) is 0 Å². The molecule has 1 aromatic rings. The number of hydrogen-bond acceptors (Lipinski definition) is 2. The number of rotatable bonds is 5. The number of carbonyl (C=O) groups excluding carboxylic acids is 1. The Kier molecular flexibility index (Phi) is 4.12. The van der Waals surface area contributed by atoms with Gasteiger partial charge in [0.25, 0.3) is 0 Å². The van der Waals surface area contributed by atoms with Gasteiger partial charge in [-0.1, -0.05) is 6.42 Å². The van der Waals surface area contributed by atoms with Gasteiger partial charge in [0.1, 0.15) is 0 Å². The van der Waals surface area contributed by atoms with Crippen LogP contribution in [0.3, 0.4) is 0 Å². The van der Waals surface area contributed by atoms with Gasteiger partial charge in [-0.15, -0.1) is 11.6 Å². The number of ketones is 1. The van der Waals surface area contributed by atoms with Crippen molar-refractivity contribution in [3.05, 3.63) is 23.0 Å². The van der Waals surface area contributed by atoms with Crippen molar-refractivity contribution in [2.24, 2.45) is 0 Å². The molecule has 18 heavy (non-hydrogen) atoms. The Morgan fingerprint density at radius 3 is 2.61 bits per heavy atom. The largest absolute Gasteiger partial charge is 0.347 e. The first-order valence-electron chi connectivity index (χ1n) is 6.34. The van der Waals surface area contributed by atoms with E-state index in [9.17, 15) is 4.79 Å². The van der Waals surface area contributed by atoms with Crippen LogP contribution in [0, 0.1) is 13.8 Å². The third-order valence-electron chi connectivity index (χ3n) is 4.14. The topological polar surface area (TPSA) is 22.0 Å². The second-order valence-corrected chi connectivity index (χ2v) is 6.71. The molecule has 2 rings (SSSR count). The molecule has 2 nitrogen and oxygen atoms in total. The Hall–Kier alpha value is -0.410. The lowest BCUT2D eigenvalue weighted by molar-refractivity contribution is 0.102. The van der Waals surface area contributed by atoms with Crippen LogP contribution >= 0.6 is 23.4 Å². The van der Waals surface area contributed by atoms with E-state index in [-0.39, 0.29) is 11.7 Å². The zero-order valence-corrected chi connectivity index (χ0v) is 12.8. The Bertz CT molecular complexity index is 457. The highest BCUT2D eigenvalue weighted by atomic mass is 35.5. The maximum Gasteiger partial charge on any atom is 0.179 e. The van der Waals surface area contributed by atoms with Crippen molar-refractivity contribution in [2.45, 2.75) is 44.4 Å². The van der Waals surface area contributed by atoms with E-state index < -0.39 is 0 Å². The molecule has 0 radical (unpaired) electrons. The maximum absolute atomic E-state index is 11.8. The van der Waals surface area contributed by atoms with Crippen LogP contribution in [0.1, 0.15) is 41.0 Å². The lowest BCUT2D eigenvalue weighted by atomic mass is 9.84. The molecule has 1 saturated carbocycles. The maximum atomic E-state index is 11.8. The van der Waals surface area contributed by atoms with Gasteiger partial charge in [-0.3, -0.25) is 4.79 Å². The summed E-state index contributed by atoms with van der Waals surface area (Å²) in [5.41, 5.74) is 3.03. The fourth-order valence-corrected chi connectivity index (χ4v) is 3.78. The summed E-state index contributed by atoms with van der Waals surface area (Å²) in [5, 5.41) is 0. The molecule has 1 aromatic heterocycles. The predicted octanol–water partition coefficient (Wildman–Crippen LogP) is 3.81. The Morgan fingerprint density at radius 1 is 1.50 bits per heavy atom. The first-order chi connectivity index (χ1) is 8.53. The van der Waals surface area contributed by atoms with Crippen LogP contribution in [0.15, 0.2) is 6.07 Å². The molecule has 0 saturated heterocycles. The summed E-state index contributed by atoms with van der Waals surface area (Å²) in [6.45, 7) is 5.12. The monoisotopic (exact) mass is 285 g/mol. The molecule has 0 amide bonds. The quantitative estimate of drug-likeness (QED) is 0.606. The lowest BCUT2D eigenvalue weighted by Gasteiger charge is -2.41. The molecule has 0 bridgehead atoms. The van der Waals surface area contributed by atoms with E-state index in [2.05, 4.69) is 17.7 Å². The number of halogens is 1. The summed E-state index contributed by atoms with van der Waals surface area (Å²) in [6.07, 6.45) is 6.08. The van der Waals surface area contributed by atoms with Gasteiger partial charge in [-0.25, -0.2) is 0 Å². The highest BCUT2D eigenvalue weighted by Gasteiger charge is 2.37. The van der Waals surface area contributed by atoms with E-state index in [0.717, 1.165) is 17.8 Å². The number of aromatic nitrogens is 1. The molecule has 0 spiro atoms. The van der Waals surface area contributed by atoms with Gasteiger partial charge in [0.2, 0.25) is 0 Å². The number of hydrogen-bond donors (Lipinski definition) is 0. The lowest BCUT2D eigenvalue weighted by Crippen LogP contribution is -2.38. The van der Waals surface area contributed by atoms with Crippen LogP contribution in [-0.2, 0) is 6.54 Å².